The number of ether oxygens (including phenoxy) is 3. The van der Waals surface area contributed by atoms with Crippen molar-refractivity contribution in [3.63, 3.8) is 0 Å². The van der Waals surface area contributed by atoms with Crippen molar-refractivity contribution in [3.05, 3.63) is 84.7 Å². The number of alkyl carbamates (subject to hydrolysis) is 1. The van der Waals surface area contributed by atoms with E-state index in [9.17, 15) is 24.0 Å². The van der Waals surface area contributed by atoms with Gasteiger partial charge in [0, 0.05) is 18.7 Å². The van der Waals surface area contributed by atoms with Crippen molar-refractivity contribution in [3.8, 4) is 33.6 Å². The summed E-state index contributed by atoms with van der Waals surface area (Å²) >= 11 is 0. The Bertz CT molecular complexity index is 2590. The molecule has 4 atom stereocenters. The van der Waals surface area contributed by atoms with Crippen molar-refractivity contribution in [1.82, 2.24) is 35.1 Å². The Morgan fingerprint density at radius 1 is 0.710 bits per heavy atom. The van der Waals surface area contributed by atoms with E-state index in [0.29, 0.717) is 13.1 Å². The van der Waals surface area contributed by atoms with Gasteiger partial charge in [-0.25, -0.2) is 19.6 Å². The summed E-state index contributed by atoms with van der Waals surface area (Å²) in [6, 6.07) is 20.2. The number of rotatable bonds is 12. The zero-order chi connectivity index (χ0) is 49.4. The molecule has 3 aliphatic rings. The van der Waals surface area contributed by atoms with E-state index in [1.54, 1.807) is 4.90 Å². The number of carbonyl (C=O) groups excluding carboxylic acids is 4. The van der Waals surface area contributed by atoms with Crippen LogP contribution in [0.1, 0.15) is 123 Å². The lowest BCUT2D eigenvalue weighted by Gasteiger charge is -2.30. The van der Waals surface area contributed by atoms with Gasteiger partial charge in [0.25, 0.3) is 0 Å². The Kier molecular flexibility index (Phi) is 16.1. The monoisotopic (exact) mass is 946 g/mol. The smallest absolute Gasteiger partial charge is 0.410 e. The van der Waals surface area contributed by atoms with E-state index in [0.717, 1.165) is 107 Å². The van der Waals surface area contributed by atoms with Gasteiger partial charge in [0.15, 0.2) is 0 Å². The van der Waals surface area contributed by atoms with Gasteiger partial charge in [-0.1, -0.05) is 81.6 Å². The fourth-order valence-electron chi connectivity index (χ4n) is 9.78. The van der Waals surface area contributed by atoms with Crippen LogP contribution in [-0.2, 0) is 28.6 Å². The van der Waals surface area contributed by atoms with Gasteiger partial charge in [-0.05, 0) is 111 Å². The number of fused-ring (bicyclic) bond motifs is 1. The zero-order valence-corrected chi connectivity index (χ0v) is 40.9. The molecule has 4 heterocycles. The number of likely N-dealkylation sites (tertiary alicyclic amines) is 2. The van der Waals surface area contributed by atoms with E-state index >= 15 is 0 Å². The molecular weight excluding hydrogens is 879 g/mol. The number of imidazole rings is 2. The standard InChI is InChI=1S/C42H49N7O5.C11H18O4/c1-25(2)36(47-40(51)53-6)39(50)48-19-7-9-34(48)37-44-24-33(46-37)31-18-17-29-21-28(15-16-30(29)22-31)26-11-13-27(14-12-26)32-23-43-38(45-32)35-10-8-20-49(35)41(52)54-42(3,4)5;1-15-10(12)7-9(11(13)14)8-5-3-2-4-6-8/h11-18,21-25,34-36H,7-10,19-20H2,1-6H3,(H,43,45)(H,44,46)(H,47,51);8-9H,2-7H2,1H3,(H,13,14)/t34-,35-,36-;9-/m01/s1. The summed E-state index contributed by atoms with van der Waals surface area (Å²) in [6.07, 6.45) is 11.3. The molecule has 16 nitrogen and oxygen atoms in total. The molecular formula is C53H67N7O9. The number of aliphatic carboxylic acids is 1. The molecule has 0 unspecified atom stereocenters. The molecule has 1 saturated carbocycles. The number of methoxy groups -OCH3 is 2. The second-order valence-corrected chi connectivity index (χ2v) is 19.7. The summed E-state index contributed by atoms with van der Waals surface area (Å²) in [5.41, 5.74) is 5.48. The molecule has 0 radical (unpaired) electrons. The molecule has 5 aromatic rings. The van der Waals surface area contributed by atoms with Gasteiger partial charge >= 0.3 is 24.1 Å². The first-order valence-corrected chi connectivity index (χ1v) is 24.2. The third-order valence-electron chi connectivity index (χ3n) is 13.5. The fraction of sp³-hybridized carbons (Fsp3) is 0.491. The van der Waals surface area contributed by atoms with Gasteiger partial charge < -0.3 is 39.5 Å². The first-order chi connectivity index (χ1) is 33.0. The average Bonchev–Trinajstić information content (AvgIpc) is 4.19. The van der Waals surface area contributed by atoms with Crippen LogP contribution in [0.3, 0.4) is 0 Å². The zero-order valence-electron chi connectivity index (χ0n) is 40.9. The number of carbonyl (C=O) groups is 5. The first-order valence-electron chi connectivity index (χ1n) is 24.2. The molecule has 1 aliphatic carbocycles. The lowest BCUT2D eigenvalue weighted by atomic mass is 9.78. The summed E-state index contributed by atoms with van der Waals surface area (Å²) in [7, 11) is 2.59. The number of carboxylic acid groups (broad SMARTS) is 1. The quantitative estimate of drug-likeness (QED) is 0.0683. The molecule has 4 N–H and O–H groups in total. The third kappa shape index (κ3) is 12.3. The van der Waals surface area contributed by atoms with Crippen molar-refractivity contribution in [2.75, 3.05) is 27.3 Å². The summed E-state index contributed by atoms with van der Waals surface area (Å²) in [6.45, 7) is 10.7. The van der Waals surface area contributed by atoms with Gasteiger partial charge in [-0.15, -0.1) is 0 Å². The SMILES string of the molecule is COC(=O)C[C@@H](C(=O)O)C1CCCCC1.COC(=O)N[C@H](C(=O)N1CCC[C@H]1c1ncc(-c2ccc3cc(-c4ccc(-c5cnc([C@@H]6CCCN6C(=O)OC(C)(C)C)[nH]5)cc4)ccc3c2)[nH]1)C(C)C. The number of benzene rings is 3. The van der Waals surface area contributed by atoms with Crippen molar-refractivity contribution >= 4 is 40.8 Å². The fourth-order valence-corrected chi connectivity index (χ4v) is 9.78. The number of nitrogens with one attached hydrogen (secondary N) is 3. The molecule has 2 saturated heterocycles. The van der Waals surface area contributed by atoms with Crippen LogP contribution >= 0.6 is 0 Å². The number of hydrogen-bond donors (Lipinski definition) is 4. The number of H-pyrrole nitrogens is 2. The predicted molar refractivity (Wildman–Crippen MR) is 262 cm³/mol. The van der Waals surface area contributed by atoms with E-state index in [1.807, 2.05) is 51.9 Å². The molecule has 0 spiro atoms. The highest BCUT2D eigenvalue weighted by molar-refractivity contribution is 5.91. The van der Waals surface area contributed by atoms with Crippen molar-refractivity contribution in [2.45, 2.75) is 123 Å². The molecule has 0 bridgehead atoms. The Morgan fingerprint density at radius 2 is 1.25 bits per heavy atom. The number of esters is 1. The normalized spacial score (nSPS) is 18.3. The van der Waals surface area contributed by atoms with Gasteiger partial charge in [0.2, 0.25) is 5.91 Å². The minimum atomic E-state index is -0.868. The highest BCUT2D eigenvalue weighted by Crippen LogP contribution is 2.36. The van der Waals surface area contributed by atoms with E-state index in [4.69, 9.17) is 19.6 Å². The highest BCUT2D eigenvalue weighted by Gasteiger charge is 2.38. The van der Waals surface area contributed by atoms with Gasteiger partial charge in [-0.2, -0.15) is 0 Å². The lowest BCUT2D eigenvalue weighted by molar-refractivity contribution is -0.152. The molecule has 368 valence electrons. The third-order valence-corrected chi connectivity index (χ3v) is 13.5. The molecule has 69 heavy (non-hydrogen) atoms. The van der Waals surface area contributed by atoms with Crippen molar-refractivity contribution in [1.29, 1.82) is 0 Å². The summed E-state index contributed by atoms with van der Waals surface area (Å²) in [4.78, 5) is 80.4. The van der Waals surface area contributed by atoms with E-state index in [1.165, 1.54) is 20.6 Å². The van der Waals surface area contributed by atoms with Crippen LogP contribution < -0.4 is 5.32 Å². The largest absolute Gasteiger partial charge is 0.481 e. The maximum absolute atomic E-state index is 13.6. The molecule has 3 amide bonds. The van der Waals surface area contributed by atoms with Crippen LogP contribution in [-0.4, -0.2) is 104 Å². The second kappa shape index (κ2) is 22.1. The van der Waals surface area contributed by atoms with Gasteiger partial charge in [0.1, 0.15) is 23.3 Å². The lowest BCUT2D eigenvalue weighted by Crippen LogP contribution is -2.51. The molecule has 16 heteroatoms. The van der Waals surface area contributed by atoms with E-state index in [-0.39, 0.29) is 42.3 Å². The van der Waals surface area contributed by atoms with Crippen LogP contribution in [0.5, 0.6) is 0 Å². The number of amides is 3. The topological polar surface area (TPSA) is 209 Å². The Balaban J connectivity index is 0.000000401. The molecule has 2 aromatic heterocycles. The molecule has 8 rings (SSSR count). The van der Waals surface area contributed by atoms with Gasteiger partial charge in [0.05, 0.1) is 62.4 Å². The van der Waals surface area contributed by atoms with Crippen LogP contribution in [0.4, 0.5) is 9.59 Å². The van der Waals surface area contributed by atoms with E-state index in [2.05, 4.69) is 85.7 Å². The Labute approximate surface area is 403 Å². The van der Waals surface area contributed by atoms with Crippen LogP contribution in [0.2, 0.25) is 0 Å². The van der Waals surface area contributed by atoms with Crippen molar-refractivity contribution < 1.29 is 43.3 Å². The number of hydrogen-bond acceptors (Lipinski definition) is 10. The van der Waals surface area contributed by atoms with Crippen LogP contribution in [0, 0.1) is 17.8 Å². The average molecular weight is 946 g/mol. The predicted octanol–water partition coefficient (Wildman–Crippen LogP) is 10.2. The minimum Gasteiger partial charge on any atom is -0.481 e. The maximum Gasteiger partial charge on any atom is 0.410 e. The van der Waals surface area contributed by atoms with Crippen molar-refractivity contribution in [2.24, 2.45) is 17.8 Å². The summed E-state index contributed by atoms with van der Waals surface area (Å²) in [5, 5.41) is 14.0. The first kappa shape index (κ1) is 50.2. The summed E-state index contributed by atoms with van der Waals surface area (Å²) in [5.74, 6) is -0.412. The molecule has 2 aliphatic heterocycles. The number of carboxylic acids is 1. The van der Waals surface area contributed by atoms with Gasteiger partial charge in [-0.3, -0.25) is 19.3 Å². The number of aromatic nitrogens is 4. The van der Waals surface area contributed by atoms with Crippen LogP contribution in [0.15, 0.2) is 73.1 Å². The molecule has 3 aromatic carbocycles. The van der Waals surface area contributed by atoms with E-state index < -0.39 is 35.6 Å². The Morgan fingerprint density at radius 3 is 1.81 bits per heavy atom. The van der Waals surface area contributed by atoms with Crippen LogP contribution in [0.25, 0.3) is 44.4 Å². The second-order valence-electron chi connectivity index (χ2n) is 19.7. The Hall–Kier alpha value is -6.71. The highest BCUT2D eigenvalue weighted by atomic mass is 16.6. The number of nitrogens with zero attached hydrogens (tertiary/aromatic N) is 4. The number of aromatic amines is 2. The minimum absolute atomic E-state index is 0.0104. The maximum atomic E-state index is 13.6. The molecule has 3 fully saturated rings. The summed E-state index contributed by atoms with van der Waals surface area (Å²) < 4.78 is 14.9.